The van der Waals surface area contributed by atoms with Crippen LogP contribution in [0.25, 0.3) is 0 Å². The predicted octanol–water partition coefficient (Wildman–Crippen LogP) is 7.04. The lowest BCUT2D eigenvalue weighted by Crippen LogP contribution is -2.32. The number of amides is 2. The van der Waals surface area contributed by atoms with Crippen LogP contribution in [0, 0.1) is 5.92 Å². The zero-order valence-corrected chi connectivity index (χ0v) is 23.4. The number of carbonyl (C=O) groups excluding carboxylic acids is 2. The Hall–Kier alpha value is -3.02. The molecule has 3 rings (SSSR count). The molecule has 0 spiro atoms. The number of anilines is 1. The second kappa shape index (κ2) is 13.4. The lowest BCUT2D eigenvalue weighted by Gasteiger charge is -2.21. The standard InChI is InChI=1S/C26H26Cl2F3N5O2S/c1-4-10-36-23(21(11-15(2)3)33-24(38)19-9-8-17(27)13-20(19)28)34-35-25(36)39-14-22(37)32-18-7-5-6-16(12-18)26(29,30)31/h4-9,12-13,15,21H,1,10-11,14H2,2-3H3,(H,32,37)(H,33,38)/t21-/m0/s1. The topological polar surface area (TPSA) is 88.9 Å². The number of benzene rings is 2. The van der Waals surface area contributed by atoms with Gasteiger partial charge in [0.25, 0.3) is 5.91 Å². The van der Waals surface area contributed by atoms with E-state index < -0.39 is 29.6 Å². The molecule has 0 aliphatic heterocycles. The van der Waals surface area contributed by atoms with E-state index in [0.29, 0.717) is 29.0 Å². The van der Waals surface area contributed by atoms with Gasteiger partial charge in [-0.3, -0.25) is 9.59 Å². The second-order valence-corrected chi connectivity index (χ2v) is 10.7. The quantitative estimate of drug-likeness (QED) is 0.182. The van der Waals surface area contributed by atoms with Gasteiger partial charge < -0.3 is 15.2 Å². The summed E-state index contributed by atoms with van der Waals surface area (Å²) in [6.07, 6.45) is -2.36. The molecule has 1 atom stereocenters. The molecule has 2 N–H and O–H groups in total. The van der Waals surface area contributed by atoms with Gasteiger partial charge in [0.2, 0.25) is 5.91 Å². The van der Waals surface area contributed by atoms with E-state index >= 15 is 0 Å². The molecule has 0 saturated heterocycles. The Morgan fingerprint density at radius 2 is 1.90 bits per heavy atom. The van der Waals surface area contributed by atoms with E-state index in [2.05, 4.69) is 27.4 Å². The summed E-state index contributed by atoms with van der Waals surface area (Å²) in [6, 6.07) is 8.44. The van der Waals surface area contributed by atoms with Gasteiger partial charge in [0, 0.05) is 17.3 Å². The maximum absolute atomic E-state index is 13.0. The van der Waals surface area contributed by atoms with E-state index in [1.54, 1.807) is 16.7 Å². The fraction of sp³-hybridized carbons (Fsp3) is 0.308. The number of allylic oxidation sites excluding steroid dienone is 1. The van der Waals surface area contributed by atoms with Gasteiger partial charge in [0.05, 0.1) is 27.9 Å². The lowest BCUT2D eigenvalue weighted by molar-refractivity contribution is -0.137. The first-order chi connectivity index (χ1) is 18.4. The molecule has 0 fully saturated rings. The van der Waals surface area contributed by atoms with Crippen molar-refractivity contribution < 1.29 is 22.8 Å². The number of hydrogen-bond donors (Lipinski definition) is 2. The summed E-state index contributed by atoms with van der Waals surface area (Å²) >= 11 is 13.2. The van der Waals surface area contributed by atoms with E-state index in [1.165, 1.54) is 24.3 Å². The van der Waals surface area contributed by atoms with Crippen molar-refractivity contribution in [1.29, 1.82) is 0 Å². The maximum atomic E-state index is 13.0. The van der Waals surface area contributed by atoms with E-state index in [0.717, 1.165) is 23.9 Å². The largest absolute Gasteiger partial charge is 0.416 e. The Bertz CT molecular complexity index is 1350. The van der Waals surface area contributed by atoms with Gasteiger partial charge >= 0.3 is 6.18 Å². The van der Waals surface area contributed by atoms with Crippen LogP contribution in [0.2, 0.25) is 10.0 Å². The number of alkyl halides is 3. The molecule has 0 unspecified atom stereocenters. The zero-order valence-electron chi connectivity index (χ0n) is 21.1. The highest BCUT2D eigenvalue weighted by Gasteiger charge is 2.30. The van der Waals surface area contributed by atoms with Crippen LogP contribution in [0.4, 0.5) is 18.9 Å². The summed E-state index contributed by atoms with van der Waals surface area (Å²) in [7, 11) is 0. The molecule has 0 radical (unpaired) electrons. The van der Waals surface area contributed by atoms with Gasteiger partial charge in [-0.2, -0.15) is 13.2 Å². The van der Waals surface area contributed by atoms with Gasteiger partial charge in [0.15, 0.2) is 11.0 Å². The summed E-state index contributed by atoms with van der Waals surface area (Å²) in [5.41, 5.74) is -0.573. The third kappa shape index (κ3) is 8.48. The smallest absolute Gasteiger partial charge is 0.342 e. The van der Waals surface area contributed by atoms with Crippen LogP contribution in [0.5, 0.6) is 0 Å². The summed E-state index contributed by atoms with van der Waals surface area (Å²) in [5.74, 6) is -0.418. The predicted molar refractivity (Wildman–Crippen MR) is 147 cm³/mol. The minimum absolute atomic E-state index is 0.0317. The molecule has 0 saturated carbocycles. The molecular formula is C26H26Cl2F3N5O2S. The average molecular weight is 600 g/mol. The van der Waals surface area contributed by atoms with Crippen LogP contribution in [0.15, 0.2) is 60.3 Å². The molecule has 0 aliphatic rings. The minimum atomic E-state index is -4.52. The van der Waals surface area contributed by atoms with Crippen LogP contribution in [-0.2, 0) is 17.5 Å². The van der Waals surface area contributed by atoms with Gasteiger partial charge in [-0.05, 0) is 48.7 Å². The van der Waals surface area contributed by atoms with Crippen LogP contribution < -0.4 is 10.6 Å². The fourth-order valence-electron chi connectivity index (χ4n) is 3.68. The molecule has 1 heterocycles. The summed E-state index contributed by atoms with van der Waals surface area (Å²) in [4.78, 5) is 25.5. The van der Waals surface area contributed by atoms with E-state index in [-0.39, 0.29) is 27.9 Å². The molecule has 1 aromatic heterocycles. The highest BCUT2D eigenvalue weighted by atomic mass is 35.5. The van der Waals surface area contributed by atoms with Crippen molar-refractivity contribution in [2.24, 2.45) is 5.92 Å². The molecule has 3 aromatic rings. The third-order valence-corrected chi connectivity index (χ3v) is 6.88. The lowest BCUT2D eigenvalue weighted by atomic mass is 10.0. The Morgan fingerprint density at radius 1 is 1.15 bits per heavy atom. The Kier molecular flexibility index (Phi) is 10.5. The van der Waals surface area contributed by atoms with E-state index in [4.69, 9.17) is 23.2 Å². The molecule has 0 bridgehead atoms. The molecule has 0 aliphatic carbocycles. The average Bonchev–Trinajstić information content (AvgIpc) is 3.24. The van der Waals surface area contributed by atoms with Crippen molar-refractivity contribution in [1.82, 2.24) is 20.1 Å². The van der Waals surface area contributed by atoms with E-state index in [1.807, 2.05) is 13.8 Å². The number of hydrogen-bond acceptors (Lipinski definition) is 5. The Morgan fingerprint density at radius 3 is 2.54 bits per heavy atom. The SMILES string of the molecule is C=CCn1c(SCC(=O)Nc2cccc(C(F)(F)F)c2)nnc1[C@H](CC(C)C)NC(=O)c1ccc(Cl)cc1Cl. The molecule has 7 nitrogen and oxygen atoms in total. The van der Waals surface area contributed by atoms with Crippen molar-refractivity contribution >= 4 is 52.5 Å². The molecule has 208 valence electrons. The molecule has 13 heteroatoms. The van der Waals surface area contributed by atoms with Gasteiger partial charge in [-0.1, -0.05) is 61.0 Å². The molecular weight excluding hydrogens is 574 g/mol. The van der Waals surface area contributed by atoms with Gasteiger partial charge in [-0.25, -0.2) is 0 Å². The van der Waals surface area contributed by atoms with Crippen molar-refractivity contribution in [2.75, 3.05) is 11.1 Å². The number of carbonyl (C=O) groups is 2. The summed E-state index contributed by atoms with van der Waals surface area (Å²) < 4.78 is 40.6. The molecule has 2 aromatic carbocycles. The number of nitrogens with one attached hydrogen (secondary N) is 2. The zero-order chi connectivity index (χ0) is 28.7. The van der Waals surface area contributed by atoms with Crippen molar-refractivity contribution in [3.63, 3.8) is 0 Å². The molecule has 39 heavy (non-hydrogen) atoms. The highest BCUT2D eigenvalue weighted by molar-refractivity contribution is 7.99. The number of nitrogens with zero attached hydrogens (tertiary/aromatic N) is 3. The van der Waals surface area contributed by atoms with E-state index in [9.17, 15) is 22.8 Å². The first-order valence-corrected chi connectivity index (χ1v) is 13.5. The van der Waals surface area contributed by atoms with Crippen molar-refractivity contribution in [3.05, 3.63) is 82.1 Å². The monoisotopic (exact) mass is 599 g/mol. The van der Waals surface area contributed by atoms with Gasteiger partial charge in [0.1, 0.15) is 0 Å². The number of aromatic nitrogens is 3. The number of thioether (sulfide) groups is 1. The summed E-state index contributed by atoms with van der Waals surface area (Å²) in [5, 5.41) is 14.9. The minimum Gasteiger partial charge on any atom is -0.342 e. The Balaban J connectivity index is 1.77. The second-order valence-electron chi connectivity index (χ2n) is 8.94. The van der Waals surface area contributed by atoms with Crippen LogP contribution in [0.3, 0.4) is 0 Å². The first kappa shape index (κ1) is 30.5. The summed E-state index contributed by atoms with van der Waals surface area (Å²) in [6.45, 7) is 8.06. The first-order valence-electron chi connectivity index (χ1n) is 11.8. The van der Waals surface area contributed by atoms with Crippen LogP contribution in [-0.4, -0.2) is 32.3 Å². The van der Waals surface area contributed by atoms with Crippen molar-refractivity contribution in [2.45, 2.75) is 44.2 Å². The van der Waals surface area contributed by atoms with Crippen LogP contribution >= 0.6 is 35.0 Å². The Labute approximate surface area is 238 Å². The van der Waals surface area contributed by atoms with Crippen molar-refractivity contribution in [3.8, 4) is 0 Å². The van der Waals surface area contributed by atoms with Gasteiger partial charge in [-0.15, -0.1) is 16.8 Å². The normalized spacial score (nSPS) is 12.3. The number of rotatable bonds is 11. The third-order valence-electron chi connectivity index (χ3n) is 5.36. The number of halogens is 5. The van der Waals surface area contributed by atoms with Crippen LogP contribution in [0.1, 0.15) is 48.1 Å². The fourth-order valence-corrected chi connectivity index (χ4v) is 4.92. The maximum Gasteiger partial charge on any atom is 0.416 e. The highest BCUT2D eigenvalue weighted by Crippen LogP contribution is 2.31. The molecule has 2 amide bonds.